The van der Waals surface area contributed by atoms with Gasteiger partial charge in [-0.15, -0.1) is 0 Å². The quantitative estimate of drug-likeness (QED) is 0.435. The third-order valence-corrected chi connectivity index (χ3v) is 3.48. The van der Waals surface area contributed by atoms with Crippen molar-refractivity contribution in [2.45, 2.75) is 31.0 Å². The number of benzene rings is 1. The molecule has 0 bridgehead atoms. The zero-order valence-electron chi connectivity index (χ0n) is 11.4. The number of ether oxygens (including phenoxy) is 3. The van der Waals surface area contributed by atoms with Crippen LogP contribution < -0.4 is 14.2 Å². The molecule has 0 aliphatic carbocycles. The molecule has 0 heterocycles. The predicted molar refractivity (Wildman–Crippen MR) is 77.4 cm³/mol. The first-order valence-corrected chi connectivity index (χ1v) is 7.12. The van der Waals surface area contributed by atoms with Crippen LogP contribution in [-0.4, -0.2) is 25.0 Å². The molecule has 1 atom stereocenters. The average molecular weight is 331 g/mol. The van der Waals surface area contributed by atoms with E-state index in [9.17, 15) is 4.79 Å². The molecule has 1 unspecified atom stereocenters. The number of para-hydroxylation sites is 1. The summed E-state index contributed by atoms with van der Waals surface area (Å²) in [7, 11) is 3.05. The largest absolute Gasteiger partial charge is 0.493 e. The van der Waals surface area contributed by atoms with Crippen molar-refractivity contribution in [3.63, 3.8) is 0 Å². The van der Waals surface area contributed by atoms with E-state index in [0.717, 1.165) is 19.3 Å². The van der Waals surface area contributed by atoms with Crippen LogP contribution in [0.25, 0.3) is 0 Å². The molecule has 0 amide bonds. The number of unbranched alkanes of at least 4 members (excludes halogenated alkanes) is 1. The number of carbonyl (C=O) groups is 1. The second-order valence-electron chi connectivity index (χ2n) is 4.02. The number of carbonyl (C=O) groups excluding carboxylic acids is 1. The highest BCUT2D eigenvalue weighted by Crippen LogP contribution is 2.37. The van der Waals surface area contributed by atoms with Crippen molar-refractivity contribution in [2.75, 3.05) is 14.2 Å². The molecule has 0 aliphatic rings. The maximum absolute atomic E-state index is 12.0. The van der Waals surface area contributed by atoms with Crippen molar-refractivity contribution >= 4 is 21.9 Å². The number of alkyl halides is 1. The Morgan fingerprint density at radius 3 is 2.32 bits per heavy atom. The Hall–Kier alpha value is -1.23. The van der Waals surface area contributed by atoms with Gasteiger partial charge in [-0.3, -0.25) is 4.79 Å². The Bertz CT molecular complexity index is 398. The monoisotopic (exact) mass is 330 g/mol. The lowest BCUT2D eigenvalue weighted by atomic mass is 10.2. The van der Waals surface area contributed by atoms with Crippen LogP contribution >= 0.6 is 15.9 Å². The van der Waals surface area contributed by atoms with E-state index in [1.165, 1.54) is 14.2 Å². The smallest absolute Gasteiger partial charge is 0.325 e. The Labute approximate surface area is 122 Å². The van der Waals surface area contributed by atoms with Gasteiger partial charge in [0.2, 0.25) is 5.75 Å². The Balaban J connectivity index is 2.83. The Morgan fingerprint density at radius 1 is 1.26 bits per heavy atom. The first-order valence-electron chi connectivity index (χ1n) is 6.20. The number of halogens is 1. The zero-order valence-corrected chi connectivity index (χ0v) is 13.0. The second-order valence-corrected chi connectivity index (χ2v) is 5.13. The normalized spacial score (nSPS) is 11.8. The minimum absolute atomic E-state index is 0.318. The van der Waals surface area contributed by atoms with Crippen LogP contribution in [0.2, 0.25) is 0 Å². The van der Waals surface area contributed by atoms with Gasteiger partial charge in [0.05, 0.1) is 14.2 Å². The van der Waals surface area contributed by atoms with Crippen molar-refractivity contribution in [1.29, 1.82) is 0 Å². The van der Waals surface area contributed by atoms with Crippen LogP contribution in [0.1, 0.15) is 26.2 Å². The van der Waals surface area contributed by atoms with E-state index in [4.69, 9.17) is 14.2 Å². The van der Waals surface area contributed by atoms with E-state index in [-0.39, 0.29) is 10.8 Å². The molecule has 0 aromatic heterocycles. The Morgan fingerprint density at radius 2 is 1.84 bits per heavy atom. The predicted octanol–water partition coefficient (Wildman–Crippen LogP) is 3.56. The van der Waals surface area contributed by atoms with Gasteiger partial charge in [-0.25, -0.2) is 0 Å². The molecule has 1 aromatic rings. The van der Waals surface area contributed by atoms with Gasteiger partial charge in [-0.2, -0.15) is 0 Å². The molecule has 0 radical (unpaired) electrons. The highest BCUT2D eigenvalue weighted by Gasteiger charge is 2.21. The van der Waals surface area contributed by atoms with Gasteiger partial charge in [0.1, 0.15) is 4.83 Å². The molecule has 106 valence electrons. The van der Waals surface area contributed by atoms with Gasteiger partial charge in [-0.1, -0.05) is 41.8 Å². The second kappa shape index (κ2) is 8.04. The summed E-state index contributed by atoms with van der Waals surface area (Å²) < 4.78 is 15.7. The number of hydrogen-bond acceptors (Lipinski definition) is 4. The summed E-state index contributed by atoms with van der Waals surface area (Å²) >= 11 is 3.34. The molecule has 19 heavy (non-hydrogen) atoms. The van der Waals surface area contributed by atoms with Crippen LogP contribution in [0.4, 0.5) is 0 Å². The highest BCUT2D eigenvalue weighted by molar-refractivity contribution is 9.10. The van der Waals surface area contributed by atoms with Crippen LogP contribution in [0, 0.1) is 0 Å². The minimum atomic E-state index is -0.337. The van der Waals surface area contributed by atoms with E-state index in [2.05, 4.69) is 22.9 Å². The van der Waals surface area contributed by atoms with E-state index >= 15 is 0 Å². The molecule has 0 N–H and O–H groups in total. The fourth-order valence-corrected chi connectivity index (χ4v) is 2.00. The van der Waals surface area contributed by atoms with Gasteiger partial charge in [0, 0.05) is 0 Å². The summed E-state index contributed by atoms with van der Waals surface area (Å²) in [4.78, 5) is 11.7. The molecule has 1 aromatic carbocycles. The highest BCUT2D eigenvalue weighted by atomic mass is 79.9. The number of hydrogen-bond donors (Lipinski definition) is 0. The molecule has 0 aliphatic heterocycles. The SMILES string of the molecule is CCCCC(Br)C(=O)Oc1c(OC)cccc1OC. The third kappa shape index (κ3) is 4.42. The standard InChI is InChI=1S/C14H19BrO4/c1-4-5-7-10(15)14(16)19-13-11(17-2)8-6-9-12(13)18-3/h6,8-10H,4-5,7H2,1-3H3. The van der Waals surface area contributed by atoms with Gasteiger partial charge in [0.25, 0.3) is 0 Å². The molecule has 4 nitrogen and oxygen atoms in total. The van der Waals surface area contributed by atoms with Crippen LogP contribution in [0.5, 0.6) is 17.2 Å². The lowest BCUT2D eigenvalue weighted by Crippen LogP contribution is -2.20. The maximum Gasteiger partial charge on any atom is 0.325 e. The maximum atomic E-state index is 12.0. The lowest BCUT2D eigenvalue weighted by molar-refractivity contribution is -0.133. The molecule has 0 saturated carbocycles. The van der Waals surface area contributed by atoms with Crippen LogP contribution in [0.3, 0.4) is 0 Å². The number of esters is 1. The Kier molecular flexibility index (Phi) is 6.70. The molecule has 0 saturated heterocycles. The fourth-order valence-electron chi connectivity index (χ4n) is 1.58. The van der Waals surface area contributed by atoms with Crippen molar-refractivity contribution in [3.8, 4) is 17.2 Å². The summed E-state index contributed by atoms with van der Waals surface area (Å²) in [5.74, 6) is 0.931. The first kappa shape index (κ1) is 15.8. The zero-order chi connectivity index (χ0) is 14.3. The fraction of sp³-hybridized carbons (Fsp3) is 0.500. The van der Waals surface area contributed by atoms with Crippen molar-refractivity contribution in [3.05, 3.63) is 18.2 Å². The van der Waals surface area contributed by atoms with Gasteiger partial charge in [-0.05, 0) is 18.6 Å². The molecule has 5 heteroatoms. The topological polar surface area (TPSA) is 44.8 Å². The van der Waals surface area contributed by atoms with Crippen molar-refractivity contribution in [2.24, 2.45) is 0 Å². The van der Waals surface area contributed by atoms with Gasteiger partial charge in [0.15, 0.2) is 11.5 Å². The average Bonchev–Trinajstić information content (AvgIpc) is 2.44. The van der Waals surface area contributed by atoms with Gasteiger partial charge >= 0.3 is 5.97 Å². The minimum Gasteiger partial charge on any atom is -0.493 e. The van der Waals surface area contributed by atoms with Crippen LogP contribution in [-0.2, 0) is 4.79 Å². The molecular weight excluding hydrogens is 312 g/mol. The summed E-state index contributed by atoms with van der Waals surface area (Å²) in [5, 5.41) is 0. The van der Waals surface area contributed by atoms with E-state index in [1.807, 2.05) is 0 Å². The molecular formula is C14H19BrO4. The first-order chi connectivity index (χ1) is 9.13. The van der Waals surface area contributed by atoms with Gasteiger partial charge < -0.3 is 14.2 Å². The molecule has 0 fully saturated rings. The molecule has 1 rings (SSSR count). The van der Waals surface area contributed by atoms with Crippen molar-refractivity contribution < 1.29 is 19.0 Å². The third-order valence-electron chi connectivity index (χ3n) is 2.65. The van der Waals surface area contributed by atoms with E-state index in [0.29, 0.717) is 17.2 Å². The summed E-state index contributed by atoms with van der Waals surface area (Å²) in [6, 6.07) is 5.22. The lowest BCUT2D eigenvalue weighted by Gasteiger charge is -2.14. The van der Waals surface area contributed by atoms with E-state index < -0.39 is 0 Å². The summed E-state index contributed by atoms with van der Waals surface area (Å²) in [6.45, 7) is 2.08. The number of rotatable bonds is 7. The molecule has 0 spiro atoms. The number of methoxy groups -OCH3 is 2. The van der Waals surface area contributed by atoms with Crippen LogP contribution in [0.15, 0.2) is 18.2 Å². The summed E-state index contributed by atoms with van der Waals surface area (Å²) in [5.41, 5.74) is 0. The van der Waals surface area contributed by atoms with Crippen molar-refractivity contribution in [1.82, 2.24) is 0 Å². The van der Waals surface area contributed by atoms with E-state index in [1.54, 1.807) is 18.2 Å². The summed E-state index contributed by atoms with van der Waals surface area (Å²) in [6.07, 6.45) is 2.74.